The van der Waals surface area contributed by atoms with E-state index in [0.29, 0.717) is 19.3 Å². The summed E-state index contributed by atoms with van der Waals surface area (Å²) in [4.78, 5) is 36.0. The van der Waals surface area contributed by atoms with Crippen LogP contribution in [0.25, 0.3) is 0 Å². The lowest BCUT2D eigenvalue weighted by molar-refractivity contribution is -0.235. The molecule has 1 aliphatic heterocycles. The summed E-state index contributed by atoms with van der Waals surface area (Å²) in [5.74, 6) is -1.37. The Labute approximate surface area is 220 Å². The van der Waals surface area contributed by atoms with E-state index in [-0.39, 0.29) is 44.3 Å². The third-order valence-electron chi connectivity index (χ3n) is 4.96. The first-order valence-corrected chi connectivity index (χ1v) is 13.4. The number of esters is 2. The Hall–Kier alpha value is -0.270. The van der Waals surface area contributed by atoms with E-state index >= 15 is 0 Å². The van der Waals surface area contributed by atoms with Crippen LogP contribution >= 0.6 is 47.8 Å². The van der Waals surface area contributed by atoms with Crippen molar-refractivity contribution in [3.8, 4) is 0 Å². The molecule has 6 atom stereocenters. The SMILES string of the molecule is CCC(O)CC(CC(CC1CC(C)OC(C)O1)OC(=O)CCNC(=O)C(Br)(Br)Br)OC(C)=O. The fourth-order valence-electron chi connectivity index (χ4n) is 3.56. The molecule has 6 unspecified atom stereocenters. The fraction of sp³-hybridized carbons (Fsp3) is 0.857. The molecular weight excluding hydrogens is 634 g/mol. The van der Waals surface area contributed by atoms with Crippen molar-refractivity contribution in [3.63, 3.8) is 0 Å². The topological polar surface area (TPSA) is 120 Å². The number of rotatable bonds is 12. The zero-order valence-electron chi connectivity index (χ0n) is 19.4. The average Bonchev–Trinajstić information content (AvgIpc) is 2.65. The number of carbonyl (C=O) groups is 3. The van der Waals surface area contributed by atoms with Crippen molar-refractivity contribution in [2.24, 2.45) is 0 Å². The number of amides is 1. The zero-order chi connectivity index (χ0) is 25.2. The molecule has 1 rings (SSSR count). The summed E-state index contributed by atoms with van der Waals surface area (Å²) in [6.45, 7) is 6.98. The van der Waals surface area contributed by atoms with Gasteiger partial charge in [0.25, 0.3) is 5.91 Å². The monoisotopic (exact) mass is 665 g/mol. The summed E-state index contributed by atoms with van der Waals surface area (Å²) in [7, 11) is 0. The lowest BCUT2D eigenvalue weighted by atomic mass is 9.97. The molecule has 0 saturated carbocycles. The van der Waals surface area contributed by atoms with Gasteiger partial charge in [0.15, 0.2) is 6.29 Å². The van der Waals surface area contributed by atoms with Crippen molar-refractivity contribution in [3.05, 3.63) is 0 Å². The Bertz CT molecular complexity index is 635. The first-order chi connectivity index (χ1) is 15.3. The van der Waals surface area contributed by atoms with Crippen LogP contribution in [0.15, 0.2) is 0 Å². The lowest BCUT2D eigenvalue weighted by Crippen LogP contribution is -2.39. The highest BCUT2D eigenvalue weighted by molar-refractivity contribution is 9.40. The second kappa shape index (κ2) is 15.0. The molecular formula is C21H34Br3NO8. The molecule has 0 spiro atoms. The first kappa shape index (κ1) is 30.8. The molecule has 1 amide bonds. The van der Waals surface area contributed by atoms with E-state index in [0.717, 1.165) is 0 Å². The smallest absolute Gasteiger partial charge is 0.307 e. The van der Waals surface area contributed by atoms with Crippen molar-refractivity contribution in [2.75, 3.05) is 6.54 Å². The molecule has 0 aromatic carbocycles. The van der Waals surface area contributed by atoms with E-state index < -0.39 is 38.3 Å². The second-order valence-electron chi connectivity index (χ2n) is 8.12. The van der Waals surface area contributed by atoms with E-state index in [2.05, 4.69) is 53.1 Å². The number of alkyl halides is 3. The fourth-order valence-corrected chi connectivity index (χ4v) is 3.98. The van der Waals surface area contributed by atoms with Crippen molar-refractivity contribution >= 4 is 65.6 Å². The summed E-state index contributed by atoms with van der Waals surface area (Å²) >= 11 is 9.32. The molecule has 0 aliphatic carbocycles. The third-order valence-corrected chi connectivity index (χ3v) is 6.04. The van der Waals surface area contributed by atoms with Crippen LogP contribution in [0.2, 0.25) is 0 Å². The van der Waals surface area contributed by atoms with Gasteiger partial charge in [-0.15, -0.1) is 0 Å². The highest BCUT2D eigenvalue weighted by Crippen LogP contribution is 2.33. The molecule has 1 fully saturated rings. The number of hydrogen-bond acceptors (Lipinski definition) is 8. The number of carbonyl (C=O) groups excluding carboxylic acids is 3. The number of ether oxygens (including phenoxy) is 4. The van der Waals surface area contributed by atoms with Gasteiger partial charge in [0.1, 0.15) is 12.2 Å². The number of hydrogen-bond donors (Lipinski definition) is 2. The molecule has 0 aromatic heterocycles. The molecule has 2 N–H and O–H groups in total. The third kappa shape index (κ3) is 13.4. The van der Waals surface area contributed by atoms with Gasteiger partial charge in [0.05, 0.1) is 24.7 Å². The van der Waals surface area contributed by atoms with Gasteiger partial charge >= 0.3 is 11.9 Å². The number of halogens is 3. The molecule has 0 radical (unpaired) electrons. The quantitative estimate of drug-likeness (QED) is 0.239. The maximum absolute atomic E-state index is 12.5. The van der Waals surface area contributed by atoms with Gasteiger partial charge in [-0.1, -0.05) is 6.92 Å². The number of aliphatic hydroxyl groups is 1. The molecule has 1 heterocycles. The summed E-state index contributed by atoms with van der Waals surface area (Å²) in [5.41, 5.74) is 0. The van der Waals surface area contributed by atoms with Crippen molar-refractivity contribution in [1.82, 2.24) is 5.32 Å². The van der Waals surface area contributed by atoms with E-state index in [9.17, 15) is 19.5 Å². The highest BCUT2D eigenvalue weighted by Gasteiger charge is 2.32. The normalized spacial score (nSPS) is 23.8. The standard InChI is InChI=1S/C21H34Br3NO8/c1-5-15(27)9-17(31-13(3)26)11-18(10-16-8-12(2)30-14(4)32-16)33-19(28)6-7-25-20(29)21(22,23)24/h12,14-18,27H,5-11H2,1-4H3,(H,25,29). The first-order valence-electron chi connectivity index (χ1n) is 11.0. The minimum Gasteiger partial charge on any atom is -0.462 e. The summed E-state index contributed by atoms with van der Waals surface area (Å²) in [6, 6.07) is 0. The van der Waals surface area contributed by atoms with Crippen molar-refractivity contribution in [2.45, 2.75) is 105 Å². The van der Waals surface area contributed by atoms with Gasteiger partial charge < -0.3 is 29.4 Å². The number of aliphatic hydroxyl groups excluding tert-OH is 1. The van der Waals surface area contributed by atoms with E-state index in [1.807, 2.05) is 20.8 Å². The molecule has 192 valence electrons. The minimum atomic E-state index is -1.11. The lowest BCUT2D eigenvalue weighted by Gasteiger charge is -2.35. The van der Waals surface area contributed by atoms with Crippen LogP contribution in [-0.2, 0) is 33.3 Å². The Morgan fingerprint density at radius 1 is 1.12 bits per heavy atom. The van der Waals surface area contributed by atoms with Crippen LogP contribution in [0, 0.1) is 0 Å². The Morgan fingerprint density at radius 2 is 1.79 bits per heavy atom. The zero-order valence-corrected chi connectivity index (χ0v) is 24.1. The molecule has 0 aromatic rings. The van der Waals surface area contributed by atoms with Gasteiger partial charge in [-0.2, -0.15) is 0 Å². The molecule has 1 saturated heterocycles. The average molecular weight is 668 g/mol. The Balaban J connectivity index is 2.81. The van der Waals surface area contributed by atoms with Crippen LogP contribution < -0.4 is 5.32 Å². The van der Waals surface area contributed by atoms with Gasteiger partial charge in [0.2, 0.25) is 2.14 Å². The molecule has 0 bridgehead atoms. The predicted molar refractivity (Wildman–Crippen MR) is 132 cm³/mol. The maximum atomic E-state index is 12.5. The summed E-state index contributed by atoms with van der Waals surface area (Å²) in [5, 5.41) is 12.7. The van der Waals surface area contributed by atoms with Crippen molar-refractivity contribution < 1.29 is 38.4 Å². The summed E-state index contributed by atoms with van der Waals surface area (Å²) < 4.78 is 21.4. The Kier molecular flexibility index (Phi) is 14.0. The van der Waals surface area contributed by atoms with Gasteiger partial charge in [-0.05, 0) is 74.5 Å². The molecule has 9 nitrogen and oxygen atoms in total. The van der Waals surface area contributed by atoms with Crippen LogP contribution in [-0.4, -0.2) is 68.4 Å². The van der Waals surface area contributed by atoms with Gasteiger partial charge in [0, 0.05) is 32.7 Å². The van der Waals surface area contributed by atoms with Crippen molar-refractivity contribution in [1.29, 1.82) is 0 Å². The maximum Gasteiger partial charge on any atom is 0.307 e. The Morgan fingerprint density at radius 3 is 2.33 bits per heavy atom. The minimum absolute atomic E-state index is 0.00508. The van der Waals surface area contributed by atoms with Gasteiger partial charge in [-0.25, -0.2) is 0 Å². The molecule has 33 heavy (non-hydrogen) atoms. The largest absolute Gasteiger partial charge is 0.462 e. The van der Waals surface area contributed by atoms with E-state index in [4.69, 9.17) is 18.9 Å². The van der Waals surface area contributed by atoms with Gasteiger partial charge in [-0.3, -0.25) is 14.4 Å². The highest BCUT2D eigenvalue weighted by atomic mass is 80.0. The second-order valence-corrected chi connectivity index (χ2v) is 14.9. The number of nitrogens with one attached hydrogen (secondary N) is 1. The predicted octanol–water partition coefficient (Wildman–Crippen LogP) is 3.66. The van der Waals surface area contributed by atoms with Crippen LogP contribution in [0.5, 0.6) is 0 Å². The van der Waals surface area contributed by atoms with Crippen LogP contribution in [0.1, 0.15) is 66.2 Å². The molecule has 1 aliphatic rings. The van der Waals surface area contributed by atoms with Crippen LogP contribution in [0.4, 0.5) is 0 Å². The van der Waals surface area contributed by atoms with Crippen LogP contribution in [0.3, 0.4) is 0 Å². The van der Waals surface area contributed by atoms with E-state index in [1.54, 1.807) is 0 Å². The molecule has 12 heteroatoms. The van der Waals surface area contributed by atoms with E-state index in [1.165, 1.54) is 6.92 Å². The summed E-state index contributed by atoms with van der Waals surface area (Å²) in [6.07, 6.45) is -0.478.